The molecule has 1 aliphatic heterocycles. The first-order valence-electron chi connectivity index (χ1n) is 11.2. The monoisotopic (exact) mass is 443 g/mol. The summed E-state index contributed by atoms with van der Waals surface area (Å²) in [7, 11) is 0. The molecular formula is C26H26FN5O. The first kappa shape index (κ1) is 21.3. The maximum atomic E-state index is 13.4. The maximum Gasteiger partial charge on any atom is 0.244 e. The number of fused-ring (bicyclic) bond motifs is 1. The van der Waals surface area contributed by atoms with Gasteiger partial charge in [-0.15, -0.1) is 0 Å². The highest BCUT2D eigenvalue weighted by molar-refractivity contribution is 5.95. The number of aryl methyl sites for hydroxylation is 1. The Balaban J connectivity index is 1.27. The highest BCUT2D eigenvalue weighted by Gasteiger charge is 2.23. The third kappa shape index (κ3) is 4.50. The Bertz CT molecular complexity index is 1280. The number of halogens is 1. The van der Waals surface area contributed by atoms with Gasteiger partial charge in [-0.05, 0) is 41.8 Å². The molecule has 0 bridgehead atoms. The fourth-order valence-electron chi connectivity index (χ4n) is 4.53. The molecule has 0 aliphatic carbocycles. The van der Waals surface area contributed by atoms with Gasteiger partial charge in [-0.25, -0.2) is 14.1 Å². The number of nitrogens with zero attached hydrogens (tertiary/aromatic N) is 5. The summed E-state index contributed by atoms with van der Waals surface area (Å²) in [6, 6.07) is 18.8. The van der Waals surface area contributed by atoms with Gasteiger partial charge in [-0.3, -0.25) is 9.69 Å². The minimum absolute atomic E-state index is 0.0386. The summed E-state index contributed by atoms with van der Waals surface area (Å²) in [5.74, 6) is -0.177. The van der Waals surface area contributed by atoms with E-state index in [1.807, 2.05) is 42.2 Å². The minimum atomic E-state index is -0.216. The van der Waals surface area contributed by atoms with Crippen LogP contribution in [-0.2, 0) is 17.9 Å². The van der Waals surface area contributed by atoms with Crippen LogP contribution in [0.2, 0.25) is 0 Å². The van der Waals surface area contributed by atoms with E-state index in [9.17, 15) is 9.18 Å². The summed E-state index contributed by atoms with van der Waals surface area (Å²) in [4.78, 5) is 21.7. The van der Waals surface area contributed by atoms with E-state index >= 15 is 0 Å². The van der Waals surface area contributed by atoms with E-state index in [4.69, 9.17) is 0 Å². The van der Waals surface area contributed by atoms with Gasteiger partial charge in [0.05, 0.1) is 5.69 Å². The van der Waals surface area contributed by atoms with Gasteiger partial charge >= 0.3 is 0 Å². The summed E-state index contributed by atoms with van der Waals surface area (Å²) in [6.07, 6.45) is 1.78. The van der Waals surface area contributed by atoms with Crippen molar-refractivity contribution in [1.29, 1.82) is 0 Å². The van der Waals surface area contributed by atoms with E-state index in [0.29, 0.717) is 19.6 Å². The summed E-state index contributed by atoms with van der Waals surface area (Å²) in [5, 5.41) is 5.63. The Kier molecular flexibility index (Phi) is 5.88. The number of carbonyl (C=O) groups excluding carboxylic acids is 1. The topological polar surface area (TPSA) is 54.3 Å². The van der Waals surface area contributed by atoms with Crippen molar-refractivity contribution in [1.82, 2.24) is 24.6 Å². The summed E-state index contributed by atoms with van der Waals surface area (Å²) in [6.45, 7) is 5.64. The van der Waals surface area contributed by atoms with Crippen molar-refractivity contribution in [2.24, 2.45) is 0 Å². The molecule has 1 saturated heterocycles. The molecule has 33 heavy (non-hydrogen) atoms. The van der Waals surface area contributed by atoms with E-state index in [0.717, 1.165) is 46.5 Å². The van der Waals surface area contributed by atoms with Crippen molar-refractivity contribution in [3.8, 4) is 11.1 Å². The van der Waals surface area contributed by atoms with E-state index in [-0.39, 0.29) is 18.3 Å². The average molecular weight is 444 g/mol. The number of benzene rings is 2. The van der Waals surface area contributed by atoms with Crippen molar-refractivity contribution in [2.45, 2.75) is 20.0 Å². The molecule has 7 heteroatoms. The molecule has 2 aromatic carbocycles. The zero-order valence-corrected chi connectivity index (χ0v) is 18.6. The minimum Gasteiger partial charge on any atom is -0.339 e. The molecule has 0 unspecified atom stereocenters. The van der Waals surface area contributed by atoms with Crippen LogP contribution in [0.3, 0.4) is 0 Å². The molecule has 1 aliphatic rings. The van der Waals surface area contributed by atoms with Crippen LogP contribution in [0.5, 0.6) is 0 Å². The molecule has 5 rings (SSSR count). The van der Waals surface area contributed by atoms with E-state index in [1.54, 1.807) is 23.0 Å². The molecule has 0 radical (unpaired) electrons. The van der Waals surface area contributed by atoms with Crippen molar-refractivity contribution >= 4 is 16.9 Å². The molecule has 0 N–H and O–H groups in total. The van der Waals surface area contributed by atoms with Crippen LogP contribution < -0.4 is 0 Å². The maximum absolute atomic E-state index is 13.4. The second kappa shape index (κ2) is 9.11. The number of amides is 1. The number of rotatable bonds is 5. The van der Waals surface area contributed by atoms with E-state index in [2.05, 4.69) is 27.1 Å². The van der Waals surface area contributed by atoms with E-state index in [1.165, 1.54) is 6.07 Å². The lowest BCUT2D eigenvalue weighted by atomic mass is 10.0. The SMILES string of the molecule is Cc1nn(CC(=O)N2CCN(Cc3cccc(F)c3)CC2)c2nccc(-c3ccccc3)c12. The second-order valence-corrected chi connectivity index (χ2v) is 8.45. The van der Waals surface area contributed by atoms with Crippen molar-refractivity contribution < 1.29 is 9.18 Å². The number of hydrogen-bond donors (Lipinski definition) is 0. The highest BCUT2D eigenvalue weighted by Crippen LogP contribution is 2.29. The van der Waals surface area contributed by atoms with Gasteiger partial charge in [0.25, 0.3) is 0 Å². The van der Waals surface area contributed by atoms with Crippen molar-refractivity contribution in [2.75, 3.05) is 26.2 Å². The van der Waals surface area contributed by atoms with Crippen LogP contribution in [0.1, 0.15) is 11.3 Å². The Morgan fingerprint density at radius 1 is 1.00 bits per heavy atom. The normalized spacial score (nSPS) is 14.7. The zero-order chi connectivity index (χ0) is 22.8. The fourth-order valence-corrected chi connectivity index (χ4v) is 4.53. The van der Waals surface area contributed by atoms with Crippen LogP contribution in [-0.4, -0.2) is 56.7 Å². The number of piperazine rings is 1. The highest BCUT2D eigenvalue weighted by atomic mass is 19.1. The number of hydrogen-bond acceptors (Lipinski definition) is 4. The lowest BCUT2D eigenvalue weighted by Crippen LogP contribution is -2.49. The van der Waals surface area contributed by atoms with Crippen LogP contribution in [0.15, 0.2) is 66.9 Å². The molecule has 3 heterocycles. The van der Waals surface area contributed by atoms with Gasteiger partial charge < -0.3 is 4.90 Å². The lowest BCUT2D eigenvalue weighted by Gasteiger charge is -2.34. The zero-order valence-electron chi connectivity index (χ0n) is 18.6. The number of aromatic nitrogens is 3. The Morgan fingerprint density at radius 3 is 2.55 bits per heavy atom. The molecule has 0 atom stereocenters. The van der Waals surface area contributed by atoms with Crippen LogP contribution in [0, 0.1) is 12.7 Å². The molecular weight excluding hydrogens is 417 g/mol. The predicted octanol–water partition coefficient (Wildman–Crippen LogP) is 3.89. The second-order valence-electron chi connectivity index (χ2n) is 8.45. The quantitative estimate of drug-likeness (QED) is 0.470. The summed E-state index contributed by atoms with van der Waals surface area (Å²) >= 11 is 0. The van der Waals surface area contributed by atoms with Crippen LogP contribution >= 0.6 is 0 Å². The van der Waals surface area contributed by atoms with Gasteiger partial charge in [0.2, 0.25) is 5.91 Å². The van der Waals surface area contributed by atoms with Crippen molar-refractivity contribution in [3.63, 3.8) is 0 Å². The molecule has 0 spiro atoms. The van der Waals surface area contributed by atoms with Gasteiger partial charge in [-0.1, -0.05) is 42.5 Å². The summed E-state index contributed by atoms with van der Waals surface area (Å²) in [5.41, 5.74) is 4.72. The third-order valence-corrected chi connectivity index (χ3v) is 6.20. The van der Waals surface area contributed by atoms with Gasteiger partial charge in [0, 0.05) is 44.3 Å². The first-order chi connectivity index (χ1) is 16.1. The van der Waals surface area contributed by atoms with E-state index < -0.39 is 0 Å². The third-order valence-electron chi connectivity index (χ3n) is 6.20. The first-order valence-corrected chi connectivity index (χ1v) is 11.2. The largest absolute Gasteiger partial charge is 0.339 e. The molecule has 2 aromatic heterocycles. The molecule has 1 amide bonds. The average Bonchev–Trinajstić information content (AvgIpc) is 3.15. The fraction of sp³-hybridized carbons (Fsp3) is 0.269. The van der Waals surface area contributed by atoms with Crippen molar-refractivity contribution in [3.05, 3.63) is 83.9 Å². The Morgan fingerprint density at radius 2 is 1.79 bits per heavy atom. The van der Waals surface area contributed by atoms with Gasteiger partial charge in [-0.2, -0.15) is 5.10 Å². The Hall–Kier alpha value is -3.58. The smallest absolute Gasteiger partial charge is 0.244 e. The Labute approximate surface area is 192 Å². The molecule has 168 valence electrons. The van der Waals surface area contributed by atoms with Crippen LogP contribution in [0.4, 0.5) is 4.39 Å². The molecule has 0 saturated carbocycles. The number of pyridine rings is 1. The standard InChI is InChI=1S/C26H26FN5O/c1-19-25-23(21-7-3-2-4-8-21)10-11-28-26(25)32(29-19)18-24(33)31-14-12-30(13-15-31)17-20-6-5-9-22(27)16-20/h2-11,16H,12-15,17-18H2,1H3. The van der Waals surface area contributed by atoms with Gasteiger partial charge in [0.1, 0.15) is 12.4 Å². The summed E-state index contributed by atoms with van der Waals surface area (Å²) < 4.78 is 15.2. The molecule has 4 aromatic rings. The number of carbonyl (C=O) groups is 1. The predicted molar refractivity (Wildman–Crippen MR) is 126 cm³/mol. The van der Waals surface area contributed by atoms with Crippen LogP contribution in [0.25, 0.3) is 22.2 Å². The lowest BCUT2D eigenvalue weighted by molar-refractivity contribution is -0.133. The molecule has 6 nitrogen and oxygen atoms in total. The van der Waals surface area contributed by atoms with Gasteiger partial charge in [0.15, 0.2) is 5.65 Å². The molecule has 1 fully saturated rings.